The molecule has 0 aliphatic rings. The molecule has 0 radical (unpaired) electrons. The molecule has 0 atom stereocenters. The Morgan fingerprint density at radius 2 is 1.58 bits per heavy atom. The van der Waals surface area contributed by atoms with Crippen LogP contribution in [-0.4, -0.2) is 23.5 Å². The van der Waals surface area contributed by atoms with Crippen molar-refractivity contribution in [1.29, 1.82) is 0 Å². The number of ether oxygens (including phenoxy) is 1. The van der Waals surface area contributed by atoms with E-state index < -0.39 is 0 Å². The molecule has 31 heavy (non-hydrogen) atoms. The minimum Gasteiger partial charge on any atom is -0.494 e. The first kappa shape index (κ1) is 22.3. The number of carbonyl (C=O) groups is 2. The fraction of sp³-hybridized carbons (Fsp3) is 0.0870. The van der Waals surface area contributed by atoms with Crippen LogP contribution in [0.25, 0.3) is 0 Å². The molecule has 3 rings (SSSR count). The van der Waals surface area contributed by atoms with Gasteiger partial charge in [0.1, 0.15) is 5.75 Å². The number of amides is 2. The van der Waals surface area contributed by atoms with Crippen molar-refractivity contribution >= 4 is 52.1 Å². The van der Waals surface area contributed by atoms with E-state index in [1.165, 1.54) is 0 Å². The fourth-order valence-electron chi connectivity index (χ4n) is 2.72. The molecule has 2 amide bonds. The van der Waals surface area contributed by atoms with Crippen LogP contribution in [-0.2, 0) is 0 Å². The number of nitrogens with one attached hydrogen (secondary N) is 3. The molecular formula is C23H20ClN3O3S. The quantitative estimate of drug-likeness (QED) is 0.451. The smallest absolute Gasteiger partial charge is 0.257 e. The SMILES string of the molecule is CCOc1ccc(NC(=O)c2ccccc2NC(=S)NC(=O)c2ccc(Cl)cc2)cc1. The topological polar surface area (TPSA) is 79.5 Å². The highest BCUT2D eigenvalue weighted by atomic mass is 35.5. The van der Waals surface area contributed by atoms with Gasteiger partial charge in [-0.05, 0) is 79.8 Å². The summed E-state index contributed by atoms with van der Waals surface area (Å²) in [6, 6.07) is 20.4. The van der Waals surface area contributed by atoms with E-state index in [-0.39, 0.29) is 16.9 Å². The van der Waals surface area contributed by atoms with Crippen LogP contribution in [0.5, 0.6) is 5.75 Å². The van der Waals surface area contributed by atoms with Gasteiger partial charge in [-0.1, -0.05) is 23.7 Å². The molecule has 0 fully saturated rings. The lowest BCUT2D eigenvalue weighted by atomic mass is 10.1. The second-order valence-electron chi connectivity index (χ2n) is 6.37. The maximum Gasteiger partial charge on any atom is 0.257 e. The van der Waals surface area contributed by atoms with Gasteiger partial charge in [-0.25, -0.2) is 0 Å². The molecule has 0 heterocycles. The second kappa shape index (κ2) is 10.6. The minimum absolute atomic E-state index is 0.0706. The molecule has 0 saturated carbocycles. The van der Waals surface area contributed by atoms with Gasteiger partial charge in [-0.3, -0.25) is 14.9 Å². The van der Waals surface area contributed by atoms with E-state index in [0.717, 1.165) is 5.75 Å². The Labute approximate surface area is 190 Å². The van der Waals surface area contributed by atoms with Crippen LogP contribution in [0.2, 0.25) is 5.02 Å². The van der Waals surface area contributed by atoms with Gasteiger partial charge >= 0.3 is 0 Å². The summed E-state index contributed by atoms with van der Waals surface area (Å²) < 4.78 is 5.40. The zero-order valence-corrected chi connectivity index (χ0v) is 18.2. The third kappa shape index (κ3) is 6.28. The third-order valence-electron chi connectivity index (χ3n) is 4.18. The monoisotopic (exact) mass is 453 g/mol. The predicted molar refractivity (Wildman–Crippen MR) is 127 cm³/mol. The summed E-state index contributed by atoms with van der Waals surface area (Å²) >= 11 is 11.1. The van der Waals surface area contributed by atoms with E-state index >= 15 is 0 Å². The zero-order chi connectivity index (χ0) is 22.2. The number of rotatable bonds is 6. The van der Waals surface area contributed by atoms with E-state index in [9.17, 15) is 9.59 Å². The number of hydrogen-bond donors (Lipinski definition) is 3. The molecule has 0 saturated heterocycles. The standard InChI is InChI=1S/C23H20ClN3O3S/c1-2-30-18-13-11-17(12-14-18)25-22(29)19-5-3-4-6-20(19)26-23(31)27-21(28)15-7-9-16(24)10-8-15/h3-14H,2H2,1H3,(H,25,29)(H2,26,27,28,31). The Bertz CT molecular complexity index is 1090. The first-order valence-electron chi connectivity index (χ1n) is 9.47. The predicted octanol–water partition coefficient (Wildman–Crippen LogP) is 5.12. The summed E-state index contributed by atoms with van der Waals surface area (Å²) in [6.07, 6.45) is 0. The largest absolute Gasteiger partial charge is 0.494 e. The van der Waals surface area contributed by atoms with E-state index in [0.29, 0.717) is 34.1 Å². The molecule has 0 aliphatic heterocycles. The Morgan fingerprint density at radius 1 is 0.903 bits per heavy atom. The van der Waals surface area contributed by atoms with Gasteiger partial charge in [-0.2, -0.15) is 0 Å². The van der Waals surface area contributed by atoms with E-state index in [2.05, 4.69) is 16.0 Å². The van der Waals surface area contributed by atoms with Crippen molar-refractivity contribution < 1.29 is 14.3 Å². The number of para-hydroxylation sites is 1. The minimum atomic E-state index is -0.384. The molecule has 0 aliphatic carbocycles. The lowest BCUT2D eigenvalue weighted by Gasteiger charge is -2.14. The van der Waals surface area contributed by atoms with Gasteiger partial charge in [0.15, 0.2) is 5.11 Å². The van der Waals surface area contributed by atoms with Gasteiger partial charge < -0.3 is 15.4 Å². The first-order chi connectivity index (χ1) is 15.0. The molecule has 0 spiro atoms. The van der Waals surface area contributed by atoms with E-state index in [1.807, 2.05) is 6.92 Å². The summed E-state index contributed by atoms with van der Waals surface area (Å²) in [7, 11) is 0. The Balaban J connectivity index is 1.66. The van der Waals surface area contributed by atoms with Crippen molar-refractivity contribution in [3.05, 3.63) is 88.9 Å². The fourth-order valence-corrected chi connectivity index (χ4v) is 3.05. The third-order valence-corrected chi connectivity index (χ3v) is 4.63. The summed E-state index contributed by atoms with van der Waals surface area (Å²) in [5.41, 5.74) is 1.88. The summed E-state index contributed by atoms with van der Waals surface area (Å²) in [5, 5.41) is 8.94. The normalized spacial score (nSPS) is 10.1. The van der Waals surface area contributed by atoms with Crippen molar-refractivity contribution in [3.8, 4) is 5.75 Å². The lowest BCUT2D eigenvalue weighted by Crippen LogP contribution is -2.34. The van der Waals surface area contributed by atoms with Gasteiger partial charge in [0.25, 0.3) is 11.8 Å². The number of thiocarbonyl (C=S) groups is 1. The number of benzene rings is 3. The number of carbonyl (C=O) groups excluding carboxylic acids is 2. The molecule has 0 aromatic heterocycles. The maximum atomic E-state index is 12.8. The molecular weight excluding hydrogens is 434 g/mol. The Hall–Kier alpha value is -3.42. The molecule has 3 aromatic rings. The van der Waals surface area contributed by atoms with Crippen LogP contribution >= 0.6 is 23.8 Å². The van der Waals surface area contributed by atoms with Crippen molar-refractivity contribution in [2.45, 2.75) is 6.92 Å². The van der Waals surface area contributed by atoms with Crippen LogP contribution in [0.15, 0.2) is 72.8 Å². The molecule has 0 unspecified atom stereocenters. The zero-order valence-electron chi connectivity index (χ0n) is 16.6. The summed E-state index contributed by atoms with van der Waals surface area (Å²) in [5.74, 6) is 0.0221. The van der Waals surface area contributed by atoms with E-state index in [4.69, 9.17) is 28.6 Å². The first-order valence-corrected chi connectivity index (χ1v) is 10.3. The Morgan fingerprint density at radius 3 is 2.26 bits per heavy atom. The average Bonchev–Trinajstić information content (AvgIpc) is 2.76. The van der Waals surface area contributed by atoms with Gasteiger partial charge in [0, 0.05) is 16.3 Å². The lowest BCUT2D eigenvalue weighted by molar-refractivity contribution is 0.0976. The van der Waals surface area contributed by atoms with Crippen molar-refractivity contribution in [2.24, 2.45) is 0 Å². The van der Waals surface area contributed by atoms with Crippen LogP contribution in [0.4, 0.5) is 11.4 Å². The number of halogens is 1. The number of anilines is 2. The second-order valence-corrected chi connectivity index (χ2v) is 7.22. The molecule has 3 N–H and O–H groups in total. The van der Waals surface area contributed by atoms with Crippen LogP contribution in [0, 0.1) is 0 Å². The highest BCUT2D eigenvalue weighted by Gasteiger charge is 2.14. The molecule has 6 nitrogen and oxygen atoms in total. The highest BCUT2D eigenvalue weighted by molar-refractivity contribution is 7.80. The van der Waals surface area contributed by atoms with E-state index in [1.54, 1.807) is 72.8 Å². The summed E-state index contributed by atoms with van der Waals surface area (Å²) in [4.78, 5) is 25.1. The van der Waals surface area contributed by atoms with Crippen molar-refractivity contribution in [2.75, 3.05) is 17.2 Å². The summed E-state index contributed by atoms with van der Waals surface area (Å²) in [6.45, 7) is 2.47. The molecule has 3 aromatic carbocycles. The molecule has 8 heteroatoms. The molecule has 158 valence electrons. The molecule has 0 bridgehead atoms. The van der Waals surface area contributed by atoms with Crippen LogP contribution < -0.4 is 20.7 Å². The van der Waals surface area contributed by atoms with Crippen molar-refractivity contribution in [3.63, 3.8) is 0 Å². The maximum absolute atomic E-state index is 12.8. The number of hydrogen-bond acceptors (Lipinski definition) is 4. The highest BCUT2D eigenvalue weighted by Crippen LogP contribution is 2.20. The van der Waals surface area contributed by atoms with Crippen LogP contribution in [0.1, 0.15) is 27.6 Å². The Kier molecular flexibility index (Phi) is 7.59. The van der Waals surface area contributed by atoms with Gasteiger partial charge in [0.05, 0.1) is 17.9 Å². The van der Waals surface area contributed by atoms with Crippen molar-refractivity contribution in [1.82, 2.24) is 5.32 Å². The van der Waals surface area contributed by atoms with Gasteiger partial charge in [-0.15, -0.1) is 0 Å². The van der Waals surface area contributed by atoms with Gasteiger partial charge in [0.2, 0.25) is 0 Å². The van der Waals surface area contributed by atoms with Crippen LogP contribution in [0.3, 0.4) is 0 Å². The average molecular weight is 454 g/mol.